The molecule has 2 N–H and O–H groups in total. The molecule has 0 saturated heterocycles. The first-order valence-corrected chi connectivity index (χ1v) is 6.66. The van der Waals surface area contributed by atoms with E-state index >= 15 is 0 Å². The van der Waals surface area contributed by atoms with Crippen LogP contribution in [-0.2, 0) is 6.61 Å². The van der Waals surface area contributed by atoms with E-state index in [1.165, 1.54) is 0 Å². The number of nitrogen functional groups attached to an aromatic ring is 1. The van der Waals surface area contributed by atoms with Gasteiger partial charge in [0.2, 0.25) is 0 Å². The second-order valence-corrected chi connectivity index (χ2v) is 5.35. The Morgan fingerprint density at radius 2 is 2.00 bits per heavy atom. The smallest absolute Gasteiger partial charge is 0.122 e. The maximum atomic E-state index is 5.90. The molecule has 2 aromatic rings. The van der Waals surface area contributed by atoms with E-state index in [9.17, 15) is 0 Å². The molecule has 0 radical (unpaired) electrons. The minimum absolute atomic E-state index is 0.486. The number of benzene rings is 2. The van der Waals surface area contributed by atoms with E-state index in [0.29, 0.717) is 17.3 Å². The molecule has 0 heterocycles. The summed E-state index contributed by atoms with van der Waals surface area (Å²) in [6.07, 6.45) is 0. The summed E-state index contributed by atoms with van der Waals surface area (Å²) in [4.78, 5) is 0. The average molecular weight is 327 g/mol. The van der Waals surface area contributed by atoms with Crippen molar-refractivity contribution in [3.05, 3.63) is 57.0 Å². The van der Waals surface area contributed by atoms with Crippen molar-refractivity contribution < 1.29 is 4.74 Å². The maximum absolute atomic E-state index is 5.90. The van der Waals surface area contributed by atoms with Crippen molar-refractivity contribution in [2.75, 3.05) is 5.73 Å². The van der Waals surface area contributed by atoms with Crippen molar-refractivity contribution in [2.24, 2.45) is 0 Å². The van der Waals surface area contributed by atoms with Crippen LogP contribution in [0, 0.1) is 6.92 Å². The number of hydrogen-bond acceptors (Lipinski definition) is 2. The highest BCUT2D eigenvalue weighted by Crippen LogP contribution is 2.24. The fourth-order valence-corrected chi connectivity index (χ4v) is 2.09. The highest BCUT2D eigenvalue weighted by molar-refractivity contribution is 9.10. The van der Waals surface area contributed by atoms with Gasteiger partial charge in [-0.1, -0.05) is 17.7 Å². The van der Waals surface area contributed by atoms with Crippen LogP contribution in [0.15, 0.2) is 40.9 Å². The van der Waals surface area contributed by atoms with Crippen molar-refractivity contribution in [1.29, 1.82) is 0 Å². The number of hydrogen-bond donors (Lipinski definition) is 1. The lowest BCUT2D eigenvalue weighted by atomic mass is 10.2. The van der Waals surface area contributed by atoms with E-state index in [0.717, 1.165) is 21.3 Å². The Kier molecular flexibility index (Phi) is 4.15. The van der Waals surface area contributed by atoms with E-state index in [2.05, 4.69) is 15.9 Å². The molecule has 0 aliphatic carbocycles. The Hall–Kier alpha value is -1.19. The molecular weight excluding hydrogens is 314 g/mol. The molecule has 2 rings (SSSR count). The first kappa shape index (κ1) is 13.2. The predicted octanol–water partition coefficient (Wildman–Crippen LogP) is 4.57. The summed E-state index contributed by atoms with van der Waals surface area (Å²) in [7, 11) is 0. The second kappa shape index (κ2) is 5.63. The quantitative estimate of drug-likeness (QED) is 0.838. The Morgan fingerprint density at radius 3 is 2.67 bits per heavy atom. The third-order valence-corrected chi connectivity index (χ3v) is 3.55. The molecule has 0 spiro atoms. The standard InChI is InChI=1S/C14H13BrClNO/c1-9-6-11(16)3-5-14(9)18-8-10-2-4-12(15)13(17)7-10/h2-7H,8,17H2,1H3. The zero-order chi connectivity index (χ0) is 13.1. The minimum Gasteiger partial charge on any atom is -0.489 e. The van der Waals surface area contributed by atoms with Gasteiger partial charge >= 0.3 is 0 Å². The first-order chi connectivity index (χ1) is 8.56. The third kappa shape index (κ3) is 3.18. The van der Waals surface area contributed by atoms with Crippen molar-refractivity contribution in [2.45, 2.75) is 13.5 Å². The van der Waals surface area contributed by atoms with Gasteiger partial charge in [0.1, 0.15) is 12.4 Å². The average Bonchev–Trinajstić information content (AvgIpc) is 2.32. The van der Waals surface area contributed by atoms with Gasteiger partial charge in [0.05, 0.1) is 0 Å². The highest BCUT2D eigenvalue weighted by atomic mass is 79.9. The van der Waals surface area contributed by atoms with Gasteiger partial charge < -0.3 is 10.5 Å². The topological polar surface area (TPSA) is 35.2 Å². The number of ether oxygens (including phenoxy) is 1. The SMILES string of the molecule is Cc1cc(Cl)ccc1OCc1ccc(Br)c(N)c1. The molecule has 2 nitrogen and oxygen atoms in total. The van der Waals surface area contributed by atoms with Crippen LogP contribution >= 0.6 is 27.5 Å². The number of halogens is 2. The normalized spacial score (nSPS) is 10.4. The lowest BCUT2D eigenvalue weighted by Crippen LogP contribution is -1.98. The molecule has 2 aromatic carbocycles. The van der Waals surface area contributed by atoms with E-state index in [1.54, 1.807) is 0 Å². The number of anilines is 1. The molecule has 0 saturated carbocycles. The third-order valence-electron chi connectivity index (χ3n) is 2.59. The van der Waals surface area contributed by atoms with Gasteiger partial charge in [-0.3, -0.25) is 0 Å². The van der Waals surface area contributed by atoms with Crippen LogP contribution in [0.2, 0.25) is 5.02 Å². The van der Waals surface area contributed by atoms with E-state index in [4.69, 9.17) is 22.1 Å². The second-order valence-electron chi connectivity index (χ2n) is 4.05. The zero-order valence-corrected chi connectivity index (χ0v) is 12.3. The highest BCUT2D eigenvalue weighted by Gasteiger charge is 2.02. The maximum Gasteiger partial charge on any atom is 0.122 e. The van der Waals surface area contributed by atoms with Gasteiger partial charge in [0.25, 0.3) is 0 Å². The minimum atomic E-state index is 0.486. The Bertz CT molecular complexity index is 572. The van der Waals surface area contributed by atoms with Crippen LogP contribution in [0.1, 0.15) is 11.1 Å². The summed E-state index contributed by atoms with van der Waals surface area (Å²) in [6.45, 7) is 2.46. The van der Waals surface area contributed by atoms with Crippen LogP contribution in [0.5, 0.6) is 5.75 Å². The summed E-state index contributed by atoms with van der Waals surface area (Å²) >= 11 is 9.26. The lowest BCUT2D eigenvalue weighted by Gasteiger charge is -2.10. The lowest BCUT2D eigenvalue weighted by molar-refractivity contribution is 0.304. The predicted molar refractivity (Wildman–Crippen MR) is 79.1 cm³/mol. The van der Waals surface area contributed by atoms with Gasteiger partial charge in [0.15, 0.2) is 0 Å². The zero-order valence-electron chi connectivity index (χ0n) is 9.91. The van der Waals surface area contributed by atoms with Crippen LogP contribution in [-0.4, -0.2) is 0 Å². The van der Waals surface area contributed by atoms with Gasteiger partial charge in [-0.2, -0.15) is 0 Å². The van der Waals surface area contributed by atoms with Gasteiger partial charge in [-0.25, -0.2) is 0 Å². The molecule has 4 heteroatoms. The fraction of sp³-hybridized carbons (Fsp3) is 0.143. The van der Waals surface area contributed by atoms with Crippen molar-refractivity contribution in [1.82, 2.24) is 0 Å². The summed E-state index contributed by atoms with van der Waals surface area (Å²) in [5, 5.41) is 0.715. The summed E-state index contributed by atoms with van der Waals surface area (Å²) in [5.41, 5.74) is 8.58. The Balaban J connectivity index is 2.09. The van der Waals surface area contributed by atoms with Gasteiger partial charge in [0, 0.05) is 15.2 Å². The summed E-state index contributed by atoms with van der Waals surface area (Å²) in [5.74, 6) is 0.834. The molecule has 0 unspecified atom stereocenters. The molecule has 0 aromatic heterocycles. The Morgan fingerprint density at radius 1 is 1.22 bits per heavy atom. The molecule has 0 aliphatic heterocycles. The van der Waals surface area contributed by atoms with Gasteiger partial charge in [-0.05, 0) is 64.3 Å². The van der Waals surface area contributed by atoms with E-state index in [-0.39, 0.29) is 0 Å². The van der Waals surface area contributed by atoms with Crippen molar-refractivity contribution >= 4 is 33.2 Å². The van der Waals surface area contributed by atoms with Crippen molar-refractivity contribution in [3.63, 3.8) is 0 Å². The molecule has 0 aliphatic rings. The number of aryl methyl sites for hydroxylation is 1. The fourth-order valence-electron chi connectivity index (χ4n) is 1.62. The van der Waals surface area contributed by atoms with E-state index < -0.39 is 0 Å². The largest absolute Gasteiger partial charge is 0.489 e. The Labute approximate surface area is 120 Å². The van der Waals surface area contributed by atoms with E-state index in [1.807, 2.05) is 43.3 Å². The molecule has 0 bridgehead atoms. The van der Waals surface area contributed by atoms with Crippen LogP contribution in [0.4, 0.5) is 5.69 Å². The number of rotatable bonds is 3. The van der Waals surface area contributed by atoms with Crippen LogP contribution < -0.4 is 10.5 Å². The number of nitrogens with two attached hydrogens (primary N) is 1. The van der Waals surface area contributed by atoms with Crippen LogP contribution in [0.3, 0.4) is 0 Å². The first-order valence-electron chi connectivity index (χ1n) is 5.49. The summed E-state index contributed by atoms with van der Waals surface area (Å²) < 4.78 is 6.64. The molecule has 0 amide bonds. The monoisotopic (exact) mass is 325 g/mol. The molecule has 0 atom stereocenters. The van der Waals surface area contributed by atoms with Crippen LogP contribution in [0.25, 0.3) is 0 Å². The molecular formula is C14H13BrClNO. The van der Waals surface area contributed by atoms with Crippen molar-refractivity contribution in [3.8, 4) is 5.75 Å². The summed E-state index contributed by atoms with van der Waals surface area (Å²) in [6, 6.07) is 11.4. The van der Waals surface area contributed by atoms with Gasteiger partial charge in [-0.15, -0.1) is 0 Å². The molecule has 0 fully saturated rings. The molecule has 94 valence electrons. The molecule has 18 heavy (non-hydrogen) atoms.